The van der Waals surface area contributed by atoms with Gasteiger partial charge in [-0.25, -0.2) is 19.8 Å². The molecule has 1 atom stereocenters. The van der Waals surface area contributed by atoms with E-state index in [1.807, 2.05) is 30.3 Å². The van der Waals surface area contributed by atoms with Gasteiger partial charge in [0, 0.05) is 24.0 Å². The lowest BCUT2D eigenvalue weighted by atomic mass is 9.93. The first-order valence-corrected chi connectivity index (χ1v) is 15.2. The molecule has 12 heteroatoms. The summed E-state index contributed by atoms with van der Waals surface area (Å²) in [6.07, 6.45) is 4.98. The molecule has 222 valence electrons. The van der Waals surface area contributed by atoms with Crippen molar-refractivity contribution < 1.29 is 23.4 Å². The number of methoxy groups -OCH3 is 2. The summed E-state index contributed by atoms with van der Waals surface area (Å²) in [6, 6.07) is 19.1. The van der Waals surface area contributed by atoms with Crippen molar-refractivity contribution in [1.82, 2.24) is 14.5 Å². The number of hydrogen-bond acceptors (Lipinski definition) is 11. The van der Waals surface area contributed by atoms with Gasteiger partial charge in [0.1, 0.15) is 5.76 Å². The average Bonchev–Trinajstić information content (AvgIpc) is 3.63. The second kappa shape index (κ2) is 12.7. The van der Waals surface area contributed by atoms with Gasteiger partial charge < -0.3 is 18.6 Å². The number of thiazole rings is 1. The quantitative estimate of drug-likeness (QED) is 0.172. The Bertz CT molecular complexity index is 2030. The summed E-state index contributed by atoms with van der Waals surface area (Å²) in [6.45, 7) is 1.89. The lowest BCUT2D eigenvalue weighted by Crippen LogP contribution is -2.40. The molecule has 3 aromatic heterocycles. The molecule has 0 unspecified atom stereocenters. The molecule has 2 aromatic carbocycles. The minimum atomic E-state index is -0.861. The van der Waals surface area contributed by atoms with Gasteiger partial charge in [0.05, 0.1) is 42.7 Å². The molecular formula is C32H26N4O6S2. The summed E-state index contributed by atoms with van der Waals surface area (Å²) in [5, 5.41) is 1.12. The number of nitrogens with zero attached hydrogens (tertiary/aromatic N) is 4. The Hall–Kier alpha value is -4.94. The van der Waals surface area contributed by atoms with Gasteiger partial charge in [0.2, 0.25) is 0 Å². The zero-order valence-electron chi connectivity index (χ0n) is 23.9. The second-order valence-electron chi connectivity index (χ2n) is 9.34. The Kier molecular flexibility index (Phi) is 8.44. The standard InChI is InChI=1S/C32H26N4O6S2/c1-4-41-30(38)26-27(19-9-6-5-7-10-19)35-32-36(28(26)20-11-13-22(39-2)23(17-20)40-3)29(37)24(43-32)18-21-12-14-25(42-21)44-31-33-15-8-16-34-31/h5-18,28H,4H2,1-3H3/b24-18+/t28-/m0/s1. The lowest BCUT2D eigenvalue weighted by Gasteiger charge is -2.26. The topological polar surface area (TPSA) is 118 Å². The smallest absolute Gasteiger partial charge is 0.338 e. The molecule has 0 saturated carbocycles. The van der Waals surface area contributed by atoms with E-state index in [1.54, 1.807) is 68.9 Å². The van der Waals surface area contributed by atoms with Crippen molar-refractivity contribution >= 4 is 40.8 Å². The zero-order valence-corrected chi connectivity index (χ0v) is 25.6. The summed E-state index contributed by atoms with van der Waals surface area (Å²) in [7, 11) is 3.08. The molecule has 1 aliphatic rings. The molecule has 0 bridgehead atoms. The van der Waals surface area contributed by atoms with E-state index in [-0.39, 0.29) is 17.7 Å². The van der Waals surface area contributed by atoms with Gasteiger partial charge in [-0.2, -0.15) is 0 Å². The summed E-state index contributed by atoms with van der Waals surface area (Å²) < 4.78 is 24.4. The molecular weight excluding hydrogens is 601 g/mol. The predicted octanol–water partition coefficient (Wildman–Crippen LogP) is 4.49. The Balaban J connectivity index is 1.55. The van der Waals surface area contributed by atoms with Crippen LogP contribution in [0, 0.1) is 0 Å². The molecule has 0 aliphatic carbocycles. The van der Waals surface area contributed by atoms with Crippen LogP contribution in [0.4, 0.5) is 0 Å². The fraction of sp³-hybridized carbons (Fsp3) is 0.156. The number of rotatable bonds is 9. The molecule has 0 N–H and O–H groups in total. The Morgan fingerprint density at radius 1 is 1.02 bits per heavy atom. The second-order valence-corrected chi connectivity index (χ2v) is 11.3. The van der Waals surface area contributed by atoms with Crippen molar-refractivity contribution in [2.24, 2.45) is 4.99 Å². The first kappa shape index (κ1) is 29.1. The number of carbonyl (C=O) groups is 1. The minimum absolute atomic E-state index is 0.153. The van der Waals surface area contributed by atoms with Crippen LogP contribution in [-0.2, 0) is 9.53 Å². The fourth-order valence-electron chi connectivity index (χ4n) is 4.80. The van der Waals surface area contributed by atoms with Crippen molar-refractivity contribution in [3.05, 3.63) is 121 Å². The van der Waals surface area contributed by atoms with Crippen LogP contribution in [-0.4, -0.2) is 41.3 Å². The van der Waals surface area contributed by atoms with Crippen LogP contribution in [0.5, 0.6) is 11.5 Å². The molecule has 5 aromatic rings. The van der Waals surface area contributed by atoms with Crippen LogP contribution < -0.4 is 24.4 Å². The predicted molar refractivity (Wildman–Crippen MR) is 165 cm³/mol. The molecule has 4 heterocycles. The summed E-state index contributed by atoms with van der Waals surface area (Å²) >= 11 is 2.48. The van der Waals surface area contributed by atoms with E-state index in [9.17, 15) is 9.59 Å². The van der Waals surface area contributed by atoms with Gasteiger partial charge in [0.15, 0.2) is 26.5 Å². The number of fused-ring (bicyclic) bond motifs is 1. The number of carbonyl (C=O) groups excluding carboxylic acids is 1. The van der Waals surface area contributed by atoms with Crippen LogP contribution in [0.2, 0.25) is 0 Å². The van der Waals surface area contributed by atoms with Crippen molar-refractivity contribution in [1.29, 1.82) is 0 Å². The van der Waals surface area contributed by atoms with Gasteiger partial charge in [-0.1, -0.05) is 47.7 Å². The Morgan fingerprint density at radius 2 is 1.80 bits per heavy atom. The fourth-order valence-corrected chi connectivity index (χ4v) is 6.46. The zero-order chi connectivity index (χ0) is 30.6. The highest BCUT2D eigenvalue weighted by Crippen LogP contribution is 2.38. The number of ether oxygens (including phenoxy) is 3. The highest BCUT2D eigenvalue weighted by atomic mass is 32.2. The first-order chi connectivity index (χ1) is 21.5. The van der Waals surface area contributed by atoms with E-state index in [0.717, 1.165) is 5.56 Å². The molecule has 10 nitrogen and oxygen atoms in total. The van der Waals surface area contributed by atoms with Gasteiger partial charge >= 0.3 is 5.97 Å². The van der Waals surface area contributed by atoms with Crippen molar-refractivity contribution in [2.45, 2.75) is 23.2 Å². The van der Waals surface area contributed by atoms with Crippen LogP contribution >= 0.6 is 23.1 Å². The normalized spacial score (nSPS) is 14.6. The number of aromatic nitrogens is 3. The summed E-state index contributed by atoms with van der Waals surface area (Å²) in [4.78, 5) is 41.5. The number of hydrogen-bond donors (Lipinski definition) is 0. The molecule has 0 saturated heterocycles. The first-order valence-electron chi connectivity index (χ1n) is 13.6. The molecule has 6 rings (SSSR count). The van der Waals surface area contributed by atoms with Crippen LogP contribution in [0.3, 0.4) is 0 Å². The number of furan rings is 1. The maximum atomic E-state index is 14.1. The summed E-state index contributed by atoms with van der Waals surface area (Å²) in [5.41, 5.74) is 1.68. The minimum Gasteiger partial charge on any atom is -0.493 e. The van der Waals surface area contributed by atoms with Crippen molar-refractivity contribution in [2.75, 3.05) is 20.8 Å². The van der Waals surface area contributed by atoms with E-state index >= 15 is 0 Å². The Morgan fingerprint density at radius 3 is 2.52 bits per heavy atom. The molecule has 1 aliphatic heterocycles. The maximum absolute atomic E-state index is 14.1. The largest absolute Gasteiger partial charge is 0.493 e. The van der Waals surface area contributed by atoms with E-state index < -0.39 is 12.0 Å². The van der Waals surface area contributed by atoms with Gasteiger partial charge in [-0.05, 0) is 54.6 Å². The van der Waals surface area contributed by atoms with Crippen LogP contribution in [0.1, 0.15) is 29.9 Å². The van der Waals surface area contributed by atoms with Crippen molar-refractivity contribution in [3.8, 4) is 11.5 Å². The van der Waals surface area contributed by atoms with Gasteiger partial charge in [0.25, 0.3) is 5.56 Å². The molecule has 44 heavy (non-hydrogen) atoms. The highest BCUT2D eigenvalue weighted by Gasteiger charge is 2.35. The highest BCUT2D eigenvalue weighted by molar-refractivity contribution is 7.99. The Labute approximate surface area is 260 Å². The third kappa shape index (κ3) is 5.69. The van der Waals surface area contributed by atoms with E-state index in [0.29, 0.717) is 48.1 Å². The van der Waals surface area contributed by atoms with Gasteiger partial charge in [-0.3, -0.25) is 9.36 Å². The molecule has 0 amide bonds. The molecule has 0 radical (unpaired) electrons. The van der Waals surface area contributed by atoms with Crippen LogP contribution in [0.15, 0.2) is 109 Å². The number of esters is 1. The third-order valence-electron chi connectivity index (χ3n) is 6.71. The van der Waals surface area contributed by atoms with E-state index in [2.05, 4.69) is 9.97 Å². The van der Waals surface area contributed by atoms with Crippen LogP contribution in [0.25, 0.3) is 11.8 Å². The van der Waals surface area contributed by atoms with E-state index in [1.165, 1.54) is 34.8 Å². The SMILES string of the molecule is CCOC(=O)C1=C(c2ccccc2)N=c2s/c(=C/c3ccc(Sc4ncccn4)o3)c(=O)n2[C@H]1c1ccc(OC)c(OC)c1. The molecule has 0 fully saturated rings. The average molecular weight is 627 g/mol. The number of benzene rings is 2. The molecule has 0 spiro atoms. The third-order valence-corrected chi connectivity index (χ3v) is 8.50. The summed E-state index contributed by atoms with van der Waals surface area (Å²) in [5.74, 6) is 0.877. The van der Waals surface area contributed by atoms with E-state index in [4.69, 9.17) is 23.6 Å². The van der Waals surface area contributed by atoms with Gasteiger partial charge in [-0.15, -0.1) is 0 Å². The monoisotopic (exact) mass is 626 g/mol. The van der Waals surface area contributed by atoms with Crippen molar-refractivity contribution in [3.63, 3.8) is 0 Å². The maximum Gasteiger partial charge on any atom is 0.338 e. The lowest BCUT2D eigenvalue weighted by molar-refractivity contribution is -0.138.